The highest BCUT2D eigenvalue weighted by Gasteiger charge is 2.61. The molecule has 0 amide bonds. The minimum atomic E-state index is -0.411. The Morgan fingerprint density at radius 3 is 2.55 bits per heavy atom. The lowest BCUT2D eigenvalue weighted by Gasteiger charge is -2.39. The molecule has 31 heavy (non-hydrogen) atoms. The first-order chi connectivity index (χ1) is 14.8. The van der Waals surface area contributed by atoms with Crippen molar-refractivity contribution in [2.24, 2.45) is 16.7 Å². The number of β-amino-alcohol motifs (C(OH)–C–C–N with tert-alkyl or cyclic N) is 1. The Kier molecular flexibility index (Phi) is 5.70. The Balaban J connectivity index is 1.04. The molecule has 1 saturated heterocycles. The molecule has 2 aliphatic carbocycles. The van der Waals surface area contributed by atoms with Gasteiger partial charge in [-0.3, -0.25) is 9.80 Å². The smallest absolute Gasteiger partial charge is 0.231 e. The van der Waals surface area contributed by atoms with Gasteiger partial charge in [0.15, 0.2) is 11.5 Å². The SMILES string of the molecule is CC1(C)[C@H]2CC[C@@]1(C)[C@H](OC[C@@H](O)CN1CCN(Cc3ccc4c(c3)OCO4)CC1)C2. The number of benzene rings is 1. The Morgan fingerprint density at radius 2 is 1.84 bits per heavy atom. The van der Waals surface area contributed by atoms with E-state index in [-0.39, 0.29) is 5.41 Å². The number of piperazine rings is 1. The minimum absolute atomic E-state index is 0.262. The molecule has 4 aliphatic rings. The normalized spacial score (nSPS) is 33.2. The second-order valence-corrected chi connectivity index (χ2v) is 10.9. The number of hydrogen-bond acceptors (Lipinski definition) is 6. The topological polar surface area (TPSA) is 54.4 Å². The molecule has 0 aromatic heterocycles. The lowest BCUT2D eigenvalue weighted by molar-refractivity contribution is -0.0807. The molecule has 2 saturated carbocycles. The van der Waals surface area contributed by atoms with Crippen LogP contribution in [-0.2, 0) is 11.3 Å². The largest absolute Gasteiger partial charge is 0.454 e. The molecule has 0 radical (unpaired) electrons. The first-order valence-electron chi connectivity index (χ1n) is 12.0. The van der Waals surface area contributed by atoms with Gasteiger partial charge in [-0.2, -0.15) is 0 Å². The van der Waals surface area contributed by atoms with E-state index in [1.807, 2.05) is 6.07 Å². The van der Waals surface area contributed by atoms with Crippen LogP contribution in [0.5, 0.6) is 11.5 Å². The van der Waals surface area contributed by atoms with Crippen LogP contribution in [0.15, 0.2) is 18.2 Å². The summed E-state index contributed by atoms with van der Waals surface area (Å²) < 4.78 is 17.2. The second-order valence-electron chi connectivity index (χ2n) is 10.9. The molecule has 1 aromatic carbocycles. The Hall–Kier alpha value is -1.34. The monoisotopic (exact) mass is 430 g/mol. The maximum atomic E-state index is 10.6. The number of rotatable bonds is 7. The average molecular weight is 431 g/mol. The Labute approximate surface area is 186 Å². The van der Waals surface area contributed by atoms with E-state index in [1.165, 1.54) is 18.4 Å². The molecule has 172 valence electrons. The second kappa shape index (κ2) is 8.22. The van der Waals surface area contributed by atoms with E-state index in [0.29, 0.717) is 31.5 Å². The van der Waals surface area contributed by atoms with Gasteiger partial charge in [0.1, 0.15) is 0 Å². The molecule has 6 heteroatoms. The van der Waals surface area contributed by atoms with Crippen LogP contribution >= 0.6 is 0 Å². The van der Waals surface area contributed by atoms with Crippen molar-refractivity contribution in [3.63, 3.8) is 0 Å². The summed E-state index contributed by atoms with van der Waals surface area (Å²) in [6.07, 6.45) is 3.65. The molecule has 3 fully saturated rings. The van der Waals surface area contributed by atoms with Crippen molar-refractivity contribution >= 4 is 0 Å². The lowest BCUT2D eigenvalue weighted by atomic mass is 9.70. The van der Waals surface area contributed by atoms with Gasteiger partial charge in [0.05, 0.1) is 18.8 Å². The summed E-state index contributed by atoms with van der Waals surface area (Å²) in [5.74, 6) is 2.47. The summed E-state index contributed by atoms with van der Waals surface area (Å²) in [7, 11) is 0. The van der Waals surface area contributed by atoms with Crippen molar-refractivity contribution in [2.75, 3.05) is 46.1 Å². The van der Waals surface area contributed by atoms with E-state index in [2.05, 4.69) is 42.7 Å². The van der Waals surface area contributed by atoms with Crippen molar-refractivity contribution in [2.45, 2.75) is 58.8 Å². The van der Waals surface area contributed by atoms with Gasteiger partial charge in [0.25, 0.3) is 0 Å². The van der Waals surface area contributed by atoms with Gasteiger partial charge in [-0.05, 0) is 53.7 Å². The highest BCUT2D eigenvalue weighted by molar-refractivity contribution is 5.44. The zero-order chi connectivity index (χ0) is 21.6. The zero-order valence-corrected chi connectivity index (χ0v) is 19.3. The van der Waals surface area contributed by atoms with Crippen LogP contribution in [0.25, 0.3) is 0 Å². The fraction of sp³-hybridized carbons (Fsp3) is 0.760. The molecule has 4 atom stereocenters. The molecule has 0 spiro atoms. The van der Waals surface area contributed by atoms with E-state index in [9.17, 15) is 5.11 Å². The molecule has 2 aliphatic heterocycles. The molecule has 2 bridgehead atoms. The number of aliphatic hydroxyl groups is 1. The molecular formula is C25H38N2O4. The number of ether oxygens (including phenoxy) is 3. The van der Waals surface area contributed by atoms with Gasteiger partial charge in [0.2, 0.25) is 6.79 Å². The summed E-state index contributed by atoms with van der Waals surface area (Å²) >= 11 is 0. The number of nitrogens with zero attached hydrogens (tertiary/aromatic N) is 2. The number of hydrogen-bond donors (Lipinski definition) is 1. The van der Waals surface area contributed by atoms with Crippen LogP contribution in [0.4, 0.5) is 0 Å². The van der Waals surface area contributed by atoms with Crippen LogP contribution in [-0.4, -0.2) is 73.2 Å². The first kappa shape index (κ1) is 21.5. The van der Waals surface area contributed by atoms with Gasteiger partial charge in [-0.15, -0.1) is 0 Å². The van der Waals surface area contributed by atoms with Crippen molar-refractivity contribution in [3.8, 4) is 11.5 Å². The average Bonchev–Trinajstić information content (AvgIpc) is 3.35. The maximum Gasteiger partial charge on any atom is 0.231 e. The highest BCUT2D eigenvalue weighted by atomic mass is 16.7. The Bertz CT molecular complexity index is 792. The standard InChI is InChI=1S/C25H38N2O4/c1-24(2)19-6-7-25(24,3)23(13-19)29-16-20(28)15-27-10-8-26(9-11-27)14-18-4-5-21-22(12-18)31-17-30-21/h4-5,12,19-20,23,28H,6-11,13-17H2,1-3H3/t19-,20-,23+,25-/m0/s1. The van der Waals surface area contributed by atoms with E-state index in [0.717, 1.165) is 56.6 Å². The van der Waals surface area contributed by atoms with E-state index >= 15 is 0 Å². The lowest BCUT2D eigenvalue weighted by Crippen LogP contribution is -2.49. The molecule has 0 unspecified atom stereocenters. The van der Waals surface area contributed by atoms with E-state index < -0.39 is 6.10 Å². The van der Waals surface area contributed by atoms with Gasteiger partial charge in [0, 0.05) is 39.3 Å². The third kappa shape index (κ3) is 3.97. The van der Waals surface area contributed by atoms with Crippen LogP contribution in [0.1, 0.15) is 45.6 Å². The fourth-order valence-electron chi connectivity index (χ4n) is 6.39. The molecule has 2 heterocycles. The zero-order valence-electron chi connectivity index (χ0n) is 19.3. The predicted molar refractivity (Wildman–Crippen MR) is 119 cm³/mol. The first-order valence-corrected chi connectivity index (χ1v) is 12.0. The van der Waals surface area contributed by atoms with Crippen LogP contribution in [0, 0.1) is 16.7 Å². The molecule has 1 aromatic rings. The Morgan fingerprint density at radius 1 is 1.10 bits per heavy atom. The molecule has 6 nitrogen and oxygen atoms in total. The van der Waals surface area contributed by atoms with Gasteiger partial charge >= 0.3 is 0 Å². The summed E-state index contributed by atoms with van der Waals surface area (Å²) in [4.78, 5) is 4.84. The molecular weight excluding hydrogens is 392 g/mol. The molecule has 5 rings (SSSR count). The van der Waals surface area contributed by atoms with E-state index in [4.69, 9.17) is 14.2 Å². The fourth-order valence-corrected chi connectivity index (χ4v) is 6.39. The maximum absolute atomic E-state index is 10.6. The minimum Gasteiger partial charge on any atom is -0.454 e. The summed E-state index contributed by atoms with van der Waals surface area (Å²) in [6.45, 7) is 13.6. The number of aliphatic hydroxyl groups excluding tert-OH is 1. The summed E-state index contributed by atoms with van der Waals surface area (Å²) in [5, 5.41) is 10.6. The van der Waals surface area contributed by atoms with E-state index in [1.54, 1.807) is 0 Å². The summed E-state index contributed by atoms with van der Waals surface area (Å²) in [5.41, 5.74) is 1.88. The third-order valence-corrected chi connectivity index (χ3v) is 8.98. The van der Waals surface area contributed by atoms with Gasteiger partial charge in [-0.1, -0.05) is 26.8 Å². The third-order valence-electron chi connectivity index (χ3n) is 8.98. The predicted octanol–water partition coefficient (Wildman–Crippen LogP) is 3.13. The van der Waals surface area contributed by atoms with Crippen molar-refractivity contribution < 1.29 is 19.3 Å². The quantitative estimate of drug-likeness (QED) is 0.717. The number of fused-ring (bicyclic) bond motifs is 3. The van der Waals surface area contributed by atoms with Crippen molar-refractivity contribution in [1.82, 2.24) is 9.80 Å². The highest BCUT2D eigenvalue weighted by Crippen LogP contribution is 2.66. The van der Waals surface area contributed by atoms with Crippen LogP contribution in [0.2, 0.25) is 0 Å². The van der Waals surface area contributed by atoms with Crippen molar-refractivity contribution in [1.29, 1.82) is 0 Å². The van der Waals surface area contributed by atoms with Crippen molar-refractivity contribution in [3.05, 3.63) is 23.8 Å². The molecule has 1 N–H and O–H groups in total. The van der Waals surface area contributed by atoms with Crippen LogP contribution in [0.3, 0.4) is 0 Å². The van der Waals surface area contributed by atoms with Gasteiger partial charge in [-0.25, -0.2) is 0 Å². The summed E-state index contributed by atoms with van der Waals surface area (Å²) in [6, 6.07) is 6.22. The van der Waals surface area contributed by atoms with Gasteiger partial charge < -0.3 is 19.3 Å². The van der Waals surface area contributed by atoms with Crippen LogP contribution < -0.4 is 9.47 Å².